The summed E-state index contributed by atoms with van der Waals surface area (Å²) in [6.07, 6.45) is -0.734. The zero-order chi connectivity index (χ0) is 15.6. The number of anilines is 1. The first-order valence-electron chi connectivity index (χ1n) is 6.05. The third kappa shape index (κ3) is 3.97. The van der Waals surface area contributed by atoms with Crippen LogP contribution in [0.2, 0.25) is 5.02 Å². The van der Waals surface area contributed by atoms with Gasteiger partial charge >= 0.3 is 0 Å². The lowest BCUT2D eigenvalue weighted by atomic mass is 10.1. The van der Waals surface area contributed by atoms with Gasteiger partial charge in [0.05, 0.1) is 16.7 Å². The number of rotatable bonds is 4. The average Bonchev–Trinajstić information content (AvgIpc) is 2.42. The third-order valence-corrected chi connectivity index (χ3v) is 5.08. The molecule has 0 heterocycles. The van der Waals surface area contributed by atoms with Crippen LogP contribution >= 0.6 is 27.5 Å². The first-order valence-corrected chi connectivity index (χ1v) is 8.71. The molecule has 0 saturated heterocycles. The maximum Gasteiger partial charge on any atom is 0.261 e. The van der Waals surface area contributed by atoms with E-state index in [1.165, 1.54) is 12.1 Å². The maximum absolute atomic E-state index is 12.4. The van der Waals surface area contributed by atoms with E-state index in [0.717, 1.165) is 0 Å². The second-order valence-corrected chi connectivity index (χ2v) is 7.45. The van der Waals surface area contributed by atoms with Gasteiger partial charge in [0, 0.05) is 9.50 Å². The molecule has 4 nitrogen and oxygen atoms in total. The van der Waals surface area contributed by atoms with Gasteiger partial charge in [-0.2, -0.15) is 0 Å². The van der Waals surface area contributed by atoms with Crippen molar-refractivity contribution in [1.29, 1.82) is 0 Å². The van der Waals surface area contributed by atoms with Gasteiger partial charge in [0.25, 0.3) is 10.0 Å². The van der Waals surface area contributed by atoms with Crippen molar-refractivity contribution in [2.75, 3.05) is 4.72 Å². The average molecular weight is 391 g/mol. The summed E-state index contributed by atoms with van der Waals surface area (Å²) in [5.74, 6) is 0. The van der Waals surface area contributed by atoms with Gasteiger partial charge in [0.1, 0.15) is 0 Å². The number of halogens is 2. The highest BCUT2D eigenvalue weighted by atomic mass is 79.9. The van der Waals surface area contributed by atoms with Crippen LogP contribution in [0, 0.1) is 0 Å². The molecule has 1 unspecified atom stereocenters. The highest BCUT2D eigenvalue weighted by Crippen LogP contribution is 2.28. The monoisotopic (exact) mass is 389 g/mol. The Labute approximate surface area is 136 Å². The van der Waals surface area contributed by atoms with E-state index >= 15 is 0 Å². The van der Waals surface area contributed by atoms with Crippen molar-refractivity contribution in [1.82, 2.24) is 0 Å². The second kappa shape index (κ2) is 6.36. The fraction of sp³-hybridized carbons (Fsp3) is 0.143. The lowest BCUT2D eigenvalue weighted by Crippen LogP contribution is -2.13. The van der Waals surface area contributed by atoms with E-state index in [9.17, 15) is 13.5 Å². The van der Waals surface area contributed by atoms with Crippen molar-refractivity contribution in [3.05, 3.63) is 57.5 Å². The van der Waals surface area contributed by atoms with Gasteiger partial charge in [0.2, 0.25) is 0 Å². The van der Waals surface area contributed by atoms with E-state index < -0.39 is 16.1 Å². The fourth-order valence-corrected chi connectivity index (χ4v) is 3.76. The zero-order valence-corrected chi connectivity index (χ0v) is 14.2. The Bertz CT molecular complexity index is 763. The topological polar surface area (TPSA) is 66.4 Å². The van der Waals surface area contributed by atoms with E-state index in [2.05, 4.69) is 20.7 Å². The highest BCUT2D eigenvalue weighted by molar-refractivity contribution is 9.10. The summed E-state index contributed by atoms with van der Waals surface area (Å²) in [4.78, 5) is 0.0859. The van der Waals surface area contributed by atoms with Gasteiger partial charge < -0.3 is 5.11 Å². The molecule has 0 spiro atoms. The summed E-state index contributed by atoms with van der Waals surface area (Å²) in [5.41, 5.74) is 0.926. The van der Waals surface area contributed by atoms with Gasteiger partial charge in [-0.3, -0.25) is 4.72 Å². The van der Waals surface area contributed by atoms with Crippen LogP contribution in [0.3, 0.4) is 0 Å². The Morgan fingerprint density at radius 1 is 1.24 bits per heavy atom. The van der Waals surface area contributed by atoms with E-state index in [4.69, 9.17) is 11.6 Å². The molecule has 0 aliphatic heterocycles. The Hall–Kier alpha value is -1.08. The highest BCUT2D eigenvalue weighted by Gasteiger charge is 2.17. The maximum atomic E-state index is 12.4. The van der Waals surface area contributed by atoms with Crippen molar-refractivity contribution in [2.24, 2.45) is 0 Å². The largest absolute Gasteiger partial charge is 0.389 e. The zero-order valence-electron chi connectivity index (χ0n) is 11.0. The van der Waals surface area contributed by atoms with Crippen LogP contribution in [-0.4, -0.2) is 13.5 Å². The molecule has 112 valence electrons. The SMILES string of the molecule is CC(O)c1cccc(S(=O)(=O)Nc2ccc(Cl)cc2Br)c1. The smallest absolute Gasteiger partial charge is 0.261 e. The lowest BCUT2D eigenvalue weighted by Gasteiger charge is -2.12. The number of aliphatic hydroxyl groups excluding tert-OH is 1. The van der Waals surface area contributed by atoms with Crippen LogP contribution in [0.4, 0.5) is 5.69 Å². The number of sulfonamides is 1. The summed E-state index contributed by atoms with van der Waals surface area (Å²) in [7, 11) is -3.74. The number of nitrogens with one attached hydrogen (secondary N) is 1. The van der Waals surface area contributed by atoms with E-state index in [1.54, 1.807) is 37.3 Å². The molecule has 0 amide bonds. The molecule has 0 aromatic heterocycles. The molecule has 0 aliphatic rings. The summed E-state index contributed by atoms with van der Waals surface area (Å²) in [6.45, 7) is 1.58. The molecule has 7 heteroatoms. The van der Waals surface area contributed by atoms with E-state index in [0.29, 0.717) is 20.7 Å². The normalized spacial score (nSPS) is 13.0. The van der Waals surface area contributed by atoms with Gasteiger partial charge in [-0.25, -0.2) is 8.42 Å². The van der Waals surface area contributed by atoms with Crippen molar-refractivity contribution >= 4 is 43.2 Å². The van der Waals surface area contributed by atoms with Crippen LogP contribution in [-0.2, 0) is 10.0 Å². The van der Waals surface area contributed by atoms with E-state index in [-0.39, 0.29) is 4.90 Å². The molecular formula is C14H13BrClNO3S. The number of benzene rings is 2. The standard InChI is InChI=1S/C14H13BrClNO3S/c1-9(18)10-3-2-4-12(7-10)21(19,20)17-14-6-5-11(16)8-13(14)15/h2-9,17-18H,1H3. The Morgan fingerprint density at radius 3 is 2.57 bits per heavy atom. The summed E-state index contributed by atoms with van der Waals surface area (Å²) < 4.78 is 27.8. The van der Waals surface area contributed by atoms with Crippen molar-refractivity contribution in [3.63, 3.8) is 0 Å². The minimum atomic E-state index is -3.74. The molecule has 0 fully saturated rings. The van der Waals surface area contributed by atoms with Crippen molar-refractivity contribution in [3.8, 4) is 0 Å². The van der Waals surface area contributed by atoms with Crippen molar-refractivity contribution in [2.45, 2.75) is 17.9 Å². The molecule has 21 heavy (non-hydrogen) atoms. The van der Waals surface area contributed by atoms with Gasteiger partial charge in [-0.1, -0.05) is 23.7 Å². The van der Waals surface area contributed by atoms with Crippen molar-refractivity contribution < 1.29 is 13.5 Å². The predicted molar refractivity (Wildman–Crippen MR) is 87.0 cm³/mol. The fourth-order valence-electron chi connectivity index (χ4n) is 1.72. The predicted octanol–water partition coefficient (Wildman–Crippen LogP) is 3.96. The van der Waals surface area contributed by atoms with Crippen LogP contribution in [0.25, 0.3) is 0 Å². The van der Waals surface area contributed by atoms with Crippen LogP contribution in [0.5, 0.6) is 0 Å². The minimum Gasteiger partial charge on any atom is -0.389 e. The molecule has 2 rings (SSSR count). The van der Waals surface area contributed by atoms with Crippen LogP contribution in [0.15, 0.2) is 51.8 Å². The number of hydrogen-bond acceptors (Lipinski definition) is 3. The van der Waals surface area contributed by atoms with Gasteiger partial charge in [-0.15, -0.1) is 0 Å². The van der Waals surface area contributed by atoms with Crippen LogP contribution in [0.1, 0.15) is 18.6 Å². The lowest BCUT2D eigenvalue weighted by molar-refractivity contribution is 0.199. The quantitative estimate of drug-likeness (QED) is 0.830. The molecule has 1 atom stereocenters. The molecular weight excluding hydrogens is 378 g/mol. The third-order valence-electron chi connectivity index (χ3n) is 2.83. The molecule has 0 radical (unpaired) electrons. The minimum absolute atomic E-state index is 0.0859. The molecule has 2 aromatic rings. The van der Waals surface area contributed by atoms with Gasteiger partial charge in [-0.05, 0) is 58.7 Å². The summed E-state index contributed by atoms with van der Waals surface area (Å²) >= 11 is 9.08. The first kappa shape index (κ1) is 16.3. The number of aliphatic hydroxyl groups is 1. The second-order valence-electron chi connectivity index (χ2n) is 4.48. The molecule has 0 saturated carbocycles. The molecule has 0 bridgehead atoms. The Morgan fingerprint density at radius 2 is 1.95 bits per heavy atom. The summed E-state index contributed by atoms with van der Waals surface area (Å²) in [5, 5.41) is 10.0. The molecule has 0 aliphatic carbocycles. The molecule has 2 aromatic carbocycles. The van der Waals surface area contributed by atoms with Crippen LogP contribution < -0.4 is 4.72 Å². The Kier molecular flexibility index (Phi) is 4.93. The first-order chi connectivity index (χ1) is 9.79. The molecule has 2 N–H and O–H groups in total. The number of hydrogen-bond donors (Lipinski definition) is 2. The van der Waals surface area contributed by atoms with Gasteiger partial charge in [0.15, 0.2) is 0 Å². The Balaban J connectivity index is 2.36. The summed E-state index contributed by atoms with van der Waals surface area (Å²) in [6, 6.07) is 10.9. The van der Waals surface area contributed by atoms with E-state index in [1.807, 2.05) is 0 Å².